The van der Waals surface area contributed by atoms with Gasteiger partial charge in [-0.05, 0) is 60.9 Å². The van der Waals surface area contributed by atoms with Gasteiger partial charge in [-0.25, -0.2) is 0 Å². The number of carbonyl (C=O) groups is 1. The number of furan rings is 1. The normalized spacial score (nSPS) is 10.9. The maximum Gasteiger partial charge on any atom is 0.292 e. The summed E-state index contributed by atoms with van der Waals surface area (Å²) in [5, 5.41) is 8.36. The van der Waals surface area contributed by atoms with Crippen LogP contribution in [0.3, 0.4) is 0 Å². The van der Waals surface area contributed by atoms with Crippen LogP contribution in [0.2, 0.25) is 15.1 Å². The highest BCUT2D eigenvalue weighted by Gasteiger charge is 2.16. The van der Waals surface area contributed by atoms with E-state index in [0.717, 1.165) is 22.4 Å². The summed E-state index contributed by atoms with van der Waals surface area (Å²) in [5.41, 5.74) is 2.94. The van der Waals surface area contributed by atoms with Crippen molar-refractivity contribution in [1.29, 1.82) is 0 Å². The second-order valence-electron chi connectivity index (χ2n) is 7.54. The van der Waals surface area contributed by atoms with Crippen LogP contribution in [0, 0.1) is 13.8 Å². The maximum absolute atomic E-state index is 12.6. The molecule has 2 aromatic carbocycles. The number of ether oxygens (including phenoxy) is 1. The molecule has 0 saturated heterocycles. The lowest BCUT2D eigenvalue weighted by atomic mass is 10.1. The first-order valence-corrected chi connectivity index (χ1v) is 11.2. The monoisotopic (exact) mass is 503 g/mol. The van der Waals surface area contributed by atoms with Gasteiger partial charge in [0.05, 0.1) is 6.54 Å². The zero-order chi connectivity index (χ0) is 23.5. The summed E-state index contributed by atoms with van der Waals surface area (Å²) in [6.07, 6.45) is 1.60. The molecule has 0 aliphatic carbocycles. The number of hydrogen-bond acceptors (Lipinski definition) is 4. The lowest BCUT2D eigenvalue weighted by molar-refractivity contribution is 0.0992. The Balaban J connectivity index is 1.39. The quantitative estimate of drug-likeness (QED) is 0.296. The van der Waals surface area contributed by atoms with E-state index in [9.17, 15) is 4.79 Å². The van der Waals surface area contributed by atoms with Crippen molar-refractivity contribution in [3.63, 3.8) is 0 Å². The van der Waals surface area contributed by atoms with E-state index in [1.165, 1.54) is 0 Å². The first-order valence-electron chi connectivity index (χ1n) is 10.1. The zero-order valence-electron chi connectivity index (χ0n) is 17.9. The number of nitrogens with zero attached hydrogens (tertiary/aromatic N) is 2. The number of benzene rings is 2. The van der Waals surface area contributed by atoms with E-state index >= 15 is 0 Å². The van der Waals surface area contributed by atoms with Crippen molar-refractivity contribution in [2.24, 2.45) is 0 Å². The van der Waals surface area contributed by atoms with Gasteiger partial charge in [0.2, 0.25) is 0 Å². The molecule has 2 heterocycles. The van der Waals surface area contributed by atoms with Crippen LogP contribution in [-0.4, -0.2) is 15.7 Å². The lowest BCUT2D eigenvalue weighted by Gasteiger charge is -2.08. The van der Waals surface area contributed by atoms with Crippen molar-refractivity contribution in [1.82, 2.24) is 9.78 Å². The highest BCUT2D eigenvalue weighted by molar-refractivity contribution is 6.35. The number of rotatable bonds is 7. The summed E-state index contributed by atoms with van der Waals surface area (Å²) in [7, 11) is 0. The molecule has 0 saturated carbocycles. The summed E-state index contributed by atoms with van der Waals surface area (Å²) in [5.74, 6) is 1.17. The molecule has 0 atom stereocenters. The van der Waals surface area contributed by atoms with Gasteiger partial charge in [-0.1, -0.05) is 53.0 Å². The number of aromatic nitrogens is 2. The number of aryl methyl sites for hydroxylation is 2. The summed E-state index contributed by atoms with van der Waals surface area (Å²) in [6, 6.07) is 14.5. The van der Waals surface area contributed by atoms with Gasteiger partial charge in [0.1, 0.15) is 23.1 Å². The molecule has 0 aliphatic heterocycles. The van der Waals surface area contributed by atoms with Crippen molar-refractivity contribution < 1.29 is 13.9 Å². The fraction of sp³-hybridized carbons (Fsp3) is 0.167. The Morgan fingerprint density at radius 2 is 1.88 bits per heavy atom. The van der Waals surface area contributed by atoms with Crippen LogP contribution in [0.5, 0.6) is 5.75 Å². The predicted octanol–water partition coefficient (Wildman–Crippen LogP) is 6.93. The molecule has 6 nitrogen and oxygen atoms in total. The van der Waals surface area contributed by atoms with Crippen molar-refractivity contribution in [3.05, 3.63) is 98.0 Å². The van der Waals surface area contributed by atoms with Crippen LogP contribution < -0.4 is 10.1 Å². The number of amides is 1. The molecule has 33 heavy (non-hydrogen) atoms. The molecule has 0 radical (unpaired) electrons. The minimum absolute atomic E-state index is 0.126. The first-order chi connectivity index (χ1) is 15.8. The molecule has 0 spiro atoms. The second-order valence-corrected chi connectivity index (χ2v) is 8.79. The van der Waals surface area contributed by atoms with E-state index in [2.05, 4.69) is 10.4 Å². The van der Waals surface area contributed by atoms with Crippen LogP contribution >= 0.6 is 34.8 Å². The number of hydrogen-bond donors (Lipinski definition) is 1. The van der Waals surface area contributed by atoms with Crippen molar-refractivity contribution >= 4 is 46.5 Å². The van der Waals surface area contributed by atoms with Gasteiger partial charge in [0.15, 0.2) is 11.6 Å². The van der Waals surface area contributed by atoms with E-state index in [1.54, 1.807) is 35.1 Å². The molecule has 0 bridgehead atoms. The largest absolute Gasteiger partial charge is 0.485 e. The molecule has 2 aromatic heterocycles. The second kappa shape index (κ2) is 9.91. The summed E-state index contributed by atoms with van der Waals surface area (Å²) in [6.45, 7) is 4.54. The molecule has 4 rings (SSSR count). The van der Waals surface area contributed by atoms with Crippen molar-refractivity contribution in [3.8, 4) is 5.75 Å². The zero-order valence-corrected chi connectivity index (χ0v) is 20.1. The van der Waals surface area contributed by atoms with Crippen LogP contribution in [0.4, 0.5) is 5.82 Å². The molecular formula is C24H20Cl3N3O3. The molecule has 170 valence electrons. The maximum atomic E-state index is 12.6. The van der Waals surface area contributed by atoms with Gasteiger partial charge < -0.3 is 14.5 Å². The lowest BCUT2D eigenvalue weighted by Crippen LogP contribution is -2.12. The fourth-order valence-corrected chi connectivity index (χ4v) is 3.81. The standard InChI is InChI=1S/C24H20Cl3N3O3/c1-14-3-4-15(2)22(9-14)32-13-18-7-8-21(33-18)24(31)28-23-20(27)12-30(29-23)11-16-5-6-17(25)10-19(16)26/h3-10,12H,11,13H2,1-2H3,(H,28,29,31). The summed E-state index contributed by atoms with van der Waals surface area (Å²) in [4.78, 5) is 12.6. The first kappa shape index (κ1) is 23.2. The van der Waals surface area contributed by atoms with Gasteiger partial charge in [0, 0.05) is 16.2 Å². The minimum Gasteiger partial charge on any atom is -0.485 e. The molecular weight excluding hydrogens is 485 g/mol. The topological polar surface area (TPSA) is 69.3 Å². The predicted molar refractivity (Wildman–Crippen MR) is 130 cm³/mol. The Bertz CT molecular complexity index is 1310. The Kier molecular flexibility index (Phi) is 6.98. The van der Waals surface area contributed by atoms with E-state index in [-0.39, 0.29) is 18.2 Å². The van der Waals surface area contributed by atoms with E-state index in [4.69, 9.17) is 44.0 Å². The summed E-state index contributed by atoms with van der Waals surface area (Å²) < 4.78 is 13.0. The number of carbonyl (C=O) groups excluding carboxylic acids is 1. The minimum atomic E-state index is -0.468. The number of nitrogens with one attached hydrogen (secondary N) is 1. The Morgan fingerprint density at radius 3 is 2.67 bits per heavy atom. The molecule has 9 heteroatoms. The number of anilines is 1. The highest BCUT2D eigenvalue weighted by atomic mass is 35.5. The third-order valence-corrected chi connectivity index (χ3v) is 5.76. The average Bonchev–Trinajstić information content (AvgIpc) is 3.37. The fourth-order valence-electron chi connectivity index (χ4n) is 3.15. The SMILES string of the molecule is Cc1ccc(C)c(OCc2ccc(C(=O)Nc3nn(Cc4ccc(Cl)cc4Cl)cc3Cl)o2)c1. The third kappa shape index (κ3) is 5.71. The van der Waals surface area contributed by atoms with Crippen molar-refractivity contribution in [2.45, 2.75) is 27.0 Å². The van der Waals surface area contributed by atoms with E-state index < -0.39 is 5.91 Å². The van der Waals surface area contributed by atoms with Crippen LogP contribution in [0.1, 0.15) is 33.0 Å². The van der Waals surface area contributed by atoms with Crippen LogP contribution in [-0.2, 0) is 13.2 Å². The van der Waals surface area contributed by atoms with Crippen molar-refractivity contribution in [2.75, 3.05) is 5.32 Å². The van der Waals surface area contributed by atoms with Gasteiger partial charge in [-0.2, -0.15) is 5.10 Å². The van der Waals surface area contributed by atoms with Gasteiger partial charge in [-0.3, -0.25) is 9.48 Å². The molecule has 0 aliphatic rings. The van der Waals surface area contributed by atoms with Gasteiger partial charge in [0.25, 0.3) is 5.91 Å². The molecule has 1 amide bonds. The van der Waals surface area contributed by atoms with Crippen LogP contribution in [0.25, 0.3) is 0 Å². The molecule has 1 N–H and O–H groups in total. The van der Waals surface area contributed by atoms with Gasteiger partial charge in [-0.15, -0.1) is 0 Å². The third-order valence-electron chi connectivity index (χ3n) is 4.90. The number of halogens is 3. The highest BCUT2D eigenvalue weighted by Crippen LogP contribution is 2.25. The van der Waals surface area contributed by atoms with Crippen LogP contribution in [0.15, 0.2) is 59.1 Å². The Labute approximate surface area is 206 Å². The average molecular weight is 505 g/mol. The molecule has 0 fully saturated rings. The van der Waals surface area contributed by atoms with E-state index in [0.29, 0.717) is 27.4 Å². The molecule has 4 aromatic rings. The Hall–Kier alpha value is -2.93. The van der Waals surface area contributed by atoms with Gasteiger partial charge >= 0.3 is 0 Å². The summed E-state index contributed by atoms with van der Waals surface area (Å²) >= 11 is 18.4. The Morgan fingerprint density at radius 1 is 1.06 bits per heavy atom. The van der Waals surface area contributed by atoms with E-state index in [1.807, 2.05) is 38.1 Å². The smallest absolute Gasteiger partial charge is 0.292 e. The molecule has 0 unspecified atom stereocenters.